The zero-order valence-corrected chi connectivity index (χ0v) is 14.8. The van der Waals surface area contributed by atoms with E-state index in [-0.39, 0.29) is 23.0 Å². The van der Waals surface area contributed by atoms with E-state index in [2.05, 4.69) is 25.4 Å². The quantitative estimate of drug-likeness (QED) is 0.457. The van der Waals surface area contributed by atoms with Crippen molar-refractivity contribution in [3.63, 3.8) is 0 Å². The molecule has 0 aromatic carbocycles. The van der Waals surface area contributed by atoms with Crippen LogP contribution in [0, 0.1) is 0 Å². The highest BCUT2D eigenvalue weighted by molar-refractivity contribution is 6.07. The molecule has 4 aromatic rings. The van der Waals surface area contributed by atoms with Crippen molar-refractivity contribution in [2.45, 2.75) is 0 Å². The van der Waals surface area contributed by atoms with E-state index in [0.717, 1.165) is 0 Å². The molecule has 2 amide bonds. The molecular weight excluding hydrogens is 376 g/mol. The van der Waals surface area contributed by atoms with Gasteiger partial charge in [0, 0.05) is 18.0 Å². The third-order valence-corrected chi connectivity index (χ3v) is 3.87. The fourth-order valence-corrected chi connectivity index (χ4v) is 2.55. The first kappa shape index (κ1) is 17.9. The van der Waals surface area contributed by atoms with E-state index < -0.39 is 11.8 Å². The van der Waals surface area contributed by atoms with Gasteiger partial charge in [0.05, 0.1) is 23.8 Å². The topological polar surface area (TPSA) is 168 Å². The highest BCUT2D eigenvalue weighted by Gasteiger charge is 2.20. The van der Waals surface area contributed by atoms with Crippen molar-refractivity contribution in [1.29, 1.82) is 0 Å². The Balaban J connectivity index is 1.60. The van der Waals surface area contributed by atoms with Crippen molar-refractivity contribution in [3.05, 3.63) is 66.7 Å². The number of nitrogens with one attached hydrogen (secondary N) is 1. The Hall–Kier alpha value is -4.54. The van der Waals surface area contributed by atoms with E-state index >= 15 is 0 Å². The van der Waals surface area contributed by atoms with E-state index in [9.17, 15) is 9.59 Å². The number of pyridine rings is 2. The minimum absolute atomic E-state index is 0.0000631. The number of aromatic nitrogens is 5. The number of hydrogen-bond donors (Lipinski definition) is 3. The standard InChI is InChI=1S/C18H14N8O3/c19-14-6-10(3-5-22-14)18-24-13(9-29-18)17(28)23-12-8-26(25-15(12)16(20)27)11-2-1-4-21-7-11/h1-9H,(H2,19,22)(H2,20,27)(H,23,28). The van der Waals surface area contributed by atoms with Crippen LogP contribution in [0.5, 0.6) is 0 Å². The molecule has 4 aromatic heterocycles. The van der Waals surface area contributed by atoms with Gasteiger partial charge in [0.25, 0.3) is 11.8 Å². The number of carbonyl (C=O) groups is 2. The van der Waals surface area contributed by atoms with Gasteiger partial charge >= 0.3 is 0 Å². The maximum atomic E-state index is 12.6. The third-order valence-electron chi connectivity index (χ3n) is 3.87. The van der Waals surface area contributed by atoms with Crippen LogP contribution in [0.2, 0.25) is 0 Å². The van der Waals surface area contributed by atoms with Crippen LogP contribution < -0.4 is 16.8 Å². The average Bonchev–Trinajstić information content (AvgIpc) is 3.36. The molecule has 0 fully saturated rings. The molecule has 4 heterocycles. The molecule has 0 atom stereocenters. The number of primary amides is 1. The van der Waals surface area contributed by atoms with Gasteiger partial charge in [-0.05, 0) is 24.3 Å². The number of carbonyl (C=O) groups excluding carboxylic acids is 2. The molecule has 0 aliphatic carbocycles. The van der Waals surface area contributed by atoms with Gasteiger partial charge in [-0.3, -0.25) is 14.6 Å². The first-order valence-electron chi connectivity index (χ1n) is 8.30. The lowest BCUT2D eigenvalue weighted by atomic mass is 10.2. The predicted octanol–water partition coefficient (Wildman–Crippen LogP) is 1.25. The number of amides is 2. The fourth-order valence-electron chi connectivity index (χ4n) is 2.55. The first-order valence-corrected chi connectivity index (χ1v) is 8.30. The fraction of sp³-hybridized carbons (Fsp3) is 0. The van der Waals surface area contributed by atoms with Gasteiger partial charge in [-0.2, -0.15) is 5.10 Å². The van der Waals surface area contributed by atoms with E-state index in [1.165, 1.54) is 23.3 Å². The second-order valence-corrected chi connectivity index (χ2v) is 5.87. The Morgan fingerprint density at radius 2 is 2.07 bits per heavy atom. The van der Waals surface area contributed by atoms with Crippen LogP contribution in [0.25, 0.3) is 17.1 Å². The number of anilines is 2. The summed E-state index contributed by atoms with van der Waals surface area (Å²) in [5, 5.41) is 6.68. The van der Waals surface area contributed by atoms with Crippen LogP contribution in [0.3, 0.4) is 0 Å². The molecule has 4 rings (SSSR count). The second-order valence-electron chi connectivity index (χ2n) is 5.87. The van der Waals surface area contributed by atoms with Crippen LogP contribution in [-0.2, 0) is 0 Å². The minimum Gasteiger partial charge on any atom is -0.444 e. The van der Waals surface area contributed by atoms with Crippen LogP contribution in [0.1, 0.15) is 21.0 Å². The summed E-state index contributed by atoms with van der Waals surface area (Å²) < 4.78 is 6.73. The summed E-state index contributed by atoms with van der Waals surface area (Å²) in [5.74, 6) is -0.905. The first-order chi connectivity index (χ1) is 14.0. The highest BCUT2D eigenvalue weighted by Crippen LogP contribution is 2.21. The highest BCUT2D eigenvalue weighted by atomic mass is 16.3. The number of hydrogen-bond acceptors (Lipinski definition) is 8. The van der Waals surface area contributed by atoms with E-state index in [0.29, 0.717) is 17.1 Å². The van der Waals surface area contributed by atoms with E-state index in [1.54, 1.807) is 36.7 Å². The van der Waals surface area contributed by atoms with Gasteiger partial charge in [-0.25, -0.2) is 14.6 Å². The monoisotopic (exact) mass is 390 g/mol. The molecule has 0 aliphatic heterocycles. The summed E-state index contributed by atoms with van der Waals surface area (Å²) in [7, 11) is 0. The largest absolute Gasteiger partial charge is 0.444 e. The minimum atomic E-state index is -0.795. The summed E-state index contributed by atoms with van der Waals surface area (Å²) in [5.41, 5.74) is 12.2. The molecule has 0 spiro atoms. The maximum absolute atomic E-state index is 12.6. The molecule has 0 aliphatic rings. The third kappa shape index (κ3) is 3.64. The molecule has 0 bridgehead atoms. The second kappa shape index (κ2) is 7.23. The van der Waals surface area contributed by atoms with Crippen molar-refractivity contribution in [1.82, 2.24) is 24.7 Å². The Morgan fingerprint density at radius 3 is 2.79 bits per heavy atom. The van der Waals surface area contributed by atoms with Gasteiger partial charge in [0.2, 0.25) is 5.89 Å². The van der Waals surface area contributed by atoms with E-state index in [4.69, 9.17) is 15.9 Å². The van der Waals surface area contributed by atoms with Crippen LogP contribution in [0.4, 0.5) is 11.5 Å². The summed E-state index contributed by atoms with van der Waals surface area (Å²) >= 11 is 0. The van der Waals surface area contributed by atoms with Crippen molar-refractivity contribution in [2.75, 3.05) is 11.1 Å². The van der Waals surface area contributed by atoms with Crippen molar-refractivity contribution >= 4 is 23.3 Å². The molecule has 144 valence electrons. The molecule has 0 saturated heterocycles. The molecule has 29 heavy (non-hydrogen) atoms. The Labute approximate surface area is 163 Å². The van der Waals surface area contributed by atoms with E-state index in [1.807, 2.05) is 0 Å². The summed E-state index contributed by atoms with van der Waals surface area (Å²) in [6, 6.07) is 6.66. The number of nitrogens with zero attached hydrogens (tertiary/aromatic N) is 5. The predicted molar refractivity (Wildman–Crippen MR) is 102 cm³/mol. The molecule has 11 heteroatoms. The van der Waals surface area contributed by atoms with Gasteiger partial charge in [0.1, 0.15) is 12.1 Å². The average molecular weight is 390 g/mol. The van der Waals surface area contributed by atoms with Gasteiger partial charge < -0.3 is 21.2 Å². The number of oxazole rings is 1. The van der Waals surface area contributed by atoms with Gasteiger partial charge in [-0.1, -0.05) is 0 Å². The summed E-state index contributed by atoms with van der Waals surface area (Å²) in [4.78, 5) is 36.3. The zero-order valence-electron chi connectivity index (χ0n) is 14.8. The molecule has 5 N–H and O–H groups in total. The summed E-state index contributed by atoms with van der Waals surface area (Å²) in [6.07, 6.45) is 7.30. The molecule has 11 nitrogen and oxygen atoms in total. The normalized spacial score (nSPS) is 10.6. The van der Waals surface area contributed by atoms with Gasteiger partial charge in [-0.15, -0.1) is 0 Å². The lowest BCUT2D eigenvalue weighted by molar-refractivity contribution is 0.0996. The Kier molecular flexibility index (Phi) is 4.45. The van der Waals surface area contributed by atoms with Crippen LogP contribution in [0.15, 0.2) is 59.7 Å². The number of nitrogen functional groups attached to an aromatic ring is 1. The number of nitrogens with two attached hydrogens (primary N) is 2. The van der Waals surface area contributed by atoms with Crippen LogP contribution in [-0.4, -0.2) is 36.5 Å². The smallest absolute Gasteiger partial charge is 0.277 e. The Morgan fingerprint density at radius 1 is 1.21 bits per heavy atom. The molecule has 0 saturated carbocycles. The molecule has 0 radical (unpaired) electrons. The maximum Gasteiger partial charge on any atom is 0.277 e. The Bertz CT molecular complexity index is 1200. The lowest BCUT2D eigenvalue weighted by Gasteiger charge is -2.00. The molecular formula is C18H14N8O3. The zero-order chi connectivity index (χ0) is 20.4. The molecule has 0 unspecified atom stereocenters. The van der Waals surface area contributed by atoms with Gasteiger partial charge in [0.15, 0.2) is 11.4 Å². The number of rotatable bonds is 5. The van der Waals surface area contributed by atoms with Crippen molar-refractivity contribution in [3.8, 4) is 17.1 Å². The van der Waals surface area contributed by atoms with Crippen molar-refractivity contribution in [2.24, 2.45) is 5.73 Å². The lowest BCUT2D eigenvalue weighted by Crippen LogP contribution is -2.18. The SMILES string of the molecule is NC(=O)c1nn(-c2cccnc2)cc1NC(=O)c1coc(-c2ccnc(N)c2)n1. The summed E-state index contributed by atoms with van der Waals surface area (Å²) in [6.45, 7) is 0. The van der Waals surface area contributed by atoms with Crippen LogP contribution >= 0.6 is 0 Å². The van der Waals surface area contributed by atoms with Crippen molar-refractivity contribution < 1.29 is 14.0 Å².